The topological polar surface area (TPSA) is 21.3 Å². The van der Waals surface area contributed by atoms with Gasteiger partial charge in [0.2, 0.25) is 0 Å². The minimum atomic E-state index is 0.785. The van der Waals surface area contributed by atoms with Gasteiger partial charge >= 0.3 is 0 Å². The number of halogens is 1. The Morgan fingerprint density at radius 3 is 2.75 bits per heavy atom. The normalized spacial score (nSPS) is 14.1. The number of rotatable bonds is 5. The van der Waals surface area contributed by atoms with E-state index in [4.69, 9.17) is 4.74 Å². The fourth-order valence-corrected chi connectivity index (χ4v) is 2.86. The van der Waals surface area contributed by atoms with Gasteiger partial charge in [-0.2, -0.15) is 0 Å². The highest BCUT2D eigenvalue weighted by atomic mass is 79.9. The average molecular weight is 332 g/mol. The lowest BCUT2D eigenvalue weighted by atomic mass is 10.0. The van der Waals surface area contributed by atoms with Crippen LogP contribution in [0.25, 0.3) is 0 Å². The fraction of sp³-hybridized carbons (Fsp3) is 0.294. The summed E-state index contributed by atoms with van der Waals surface area (Å²) in [5.41, 5.74) is 3.98. The van der Waals surface area contributed by atoms with E-state index in [9.17, 15) is 0 Å². The molecule has 1 saturated carbocycles. The largest absolute Gasteiger partial charge is 0.495 e. The molecule has 0 heterocycles. The summed E-state index contributed by atoms with van der Waals surface area (Å²) in [6.45, 7) is 0.859. The van der Waals surface area contributed by atoms with Gasteiger partial charge in [-0.1, -0.05) is 24.3 Å². The zero-order valence-electron chi connectivity index (χ0n) is 11.5. The summed E-state index contributed by atoms with van der Waals surface area (Å²) in [5.74, 6) is 1.64. The van der Waals surface area contributed by atoms with Gasteiger partial charge in [-0.15, -0.1) is 0 Å². The number of hydrogen-bond acceptors (Lipinski definition) is 2. The summed E-state index contributed by atoms with van der Waals surface area (Å²) < 4.78 is 6.30. The van der Waals surface area contributed by atoms with E-state index >= 15 is 0 Å². The van der Waals surface area contributed by atoms with Crippen molar-refractivity contribution >= 4 is 21.6 Å². The summed E-state index contributed by atoms with van der Waals surface area (Å²) in [6, 6.07) is 14.8. The lowest BCUT2D eigenvalue weighted by molar-refractivity contribution is 0.412. The second-order valence-corrected chi connectivity index (χ2v) is 6.03. The number of ether oxygens (including phenoxy) is 1. The van der Waals surface area contributed by atoms with Gasteiger partial charge in [0.1, 0.15) is 5.75 Å². The van der Waals surface area contributed by atoms with E-state index in [2.05, 4.69) is 51.6 Å². The summed E-state index contributed by atoms with van der Waals surface area (Å²) in [5, 5.41) is 3.49. The Kier molecular flexibility index (Phi) is 3.97. The zero-order chi connectivity index (χ0) is 13.9. The van der Waals surface area contributed by atoms with Gasteiger partial charge in [0.25, 0.3) is 0 Å². The average Bonchev–Trinajstić information content (AvgIpc) is 3.31. The highest BCUT2D eigenvalue weighted by Gasteiger charge is 2.25. The van der Waals surface area contributed by atoms with Crippen LogP contribution >= 0.6 is 15.9 Å². The fourth-order valence-electron chi connectivity index (χ4n) is 2.45. The molecule has 0 bridgehead atoms. The van der Waals surface area contributed by atoms with Crippen molar-refractivity contribution in [1.82, 2.24) is 0 Å². The Hall–Kier alpha value is -1.48. The first-order valence-corrected chi connectivity index (χ1v) is 7.72. The van der Waals surface area contributed by atoms with Crippen LogP contribution in [0.1, 0.15) is 29.9 Å². The highest BCUT2D eigenvalue weighted by molar-refractivity contribution is 9.10. The van der Waals surface area contributed by atoms with Gasteiger partial charge < -0.3 is 10.1 Å². The van der Waals surface area contributed by atoms with Crippen molar-refractivity contribution in [1.29, 1.82) is 0 Å². The lowest BCUT2D eigenvalue weighted by Gasteiger charge is -2.12. The predicted octanol–water partition coefficient (Wildman–Crippen LogP) is 4.95. The molecule has 2 nitrogen and oxygen atoms in total. The molecular weight excluding hydrogens is 314 g/mol. The molecule has 0 unspecified atom stereocenters. The van der Waals surface area contributed by atoms with Crippen LogP contribution in [0.4, 0.5) is 5.69 Å². The molecule has 2 aromatic carbocycles. The molecule has 0 amide bonds. The summed E-state index contributed by atoms with van der Waals surface area (Å²) in [6.07, 6.45) is 2.67. The first-order valence-electron chi connectivity index (χ1n) is 6.93. The van der Waals surface area contributed by atoms with Gasteiger partial charge in [-0.25, -0.2) is 0 Å². The summed E-state index contributed by atoms with van der Waals surface area (Å²) in [4.78, 5) is 0. The zero-order valence-corrected chi connectivity index (χ0v) is 13.1. The SMILES string of the molecule is COc1cc(NCc2ccccc2C2CC2)ccc1Br. The first-order chi connectivity index (χ1) is 9.78. The van der Waals surface area contributed by atoms with Crippen molar-refractivity contribution in [3.8, 4) is 5.75 Å². The van der Waals surface area contributed by atoms with E-state index in [-0.39, 0.29) is 0 Å². The predicted molar refractivity (Wildman–Crippen MR) is 86.4 cm³/mol. The lowest BCUT2D eigenvalue weighted by Crippen LogP contribution is -2.02. The van der Waals surface area contributed by atoms with Crippen molar-refractivity contribution in [2.45, 2.75) is 25.3 Å². The molecule has 1 aliphatic carbocycles. The molecule has 3 heteroatoms. The molecule has 0 radical (unpaired) electrons. The molecule has 20 heavy (non-hydrogen) atoms. The maximum Gasteiger partial charge on any atom is 0.135 e. The number of anilines is 1. The van der Waals surface area contributed by atoms with Crippen LogP contribution in [0.5, 0.6) is 5.75 Å². The van der Waals surface area contributed by atoms with Crippen molar-refractivity contribution in [2.75, 3.05) is 12.4 Å². The van der Waals surface area contributed by atoms with E-state index in [1.165, 1.54) is 24.0 Å². The maximum atomic E-state index is 5.32. The van der Waals surface area contributed by atoms with E-state index in [1.54, 1.807) is 7.11 Å². The quantitative estimate of drug-likeness (QED) is 0.837. The minimum absolute atomic E-state index is 0.785. The van der Waals surface area contributed by atoms with E-state index in [0.29, 0.717) is 0 Å². The van der Waals surface area contributed by atoms with E-state index < -0.39 is 0 Å². The van der Waals surface area contributed by atoms with Crippen LogP contribution in [0.15, 0.2) is 46.9 Å². The third-order valence-electron chi connectivity index (χ3n) is 3.71. The molecule has 104 valence electrons. The Morgan fingerprint density at radius 2 is 2.00 bits per heavy atom. The maximum absolute atomic E-state index is 5.32. The molecule has 2 aromatic rings. The molecule has 1 N–H and O–H groups in total. The second kappa shape index (κ2) is 5.88. The van der Waals surface area contributed by atoms with Gasteiger partial charge in [0.15, 0.2) is 0 Å². The molecule has 1 fully saturated rings. The molecule has 3 rings (SSSR count). The Morgan fingerprint density at radius 1 is 1.20 bits per heavy atom. The van der Waals surface area contributed by atoms with Crippen LogP contribution in [-0.2, 0) is 6.54 Å². The number of benzene rings is 2. The first kappa shape index (κ1) is 13.5. The third kappa shape index (κ3) is 2.98. The Labute approximate surface area is 128 Å². The number of methoxy groups -OCH3 is 1. The van der Waals surface area contributed by atoms with E-state index in [1.807, 2.05) is 12.1 Å². The van der Waals surface area contributed by atoms with Crippen molar-refractivity contribution in [2.24, 2.45) is 0 Å². The third-order valence-corrected chi connectivity index (χ3v) is 4.36. The molecule has 0 atom stereocenters. The highest BCUT2D eigenvalue weighted by Crippen LogP contribution is 2.41. The Balaban J connectivity index is 1.73. The van der Waals surface area contributed by atoms with Crippen molar-refractivity contribution < 1.29 is 4.74 Å². The van der Waals surface area contributed by atoms with E-state index in [0.717, 1.165) is 28.4 Å². The molecule has 0 aliphatic heterocycles. The van der Waals surface area contributed by atoms with Gasteiger partial charge in [-0.3, -0.25) is 0 Å². The van der Waals surface area contributed by atoms with Crippen molar-refractivity contribution in [3.05, 3.63) is 58.1 Å². The van der Waals surface area contributed by atoms with Crippen LogP contribution in [0, 0.1) is 0 Å². The molecule has 0 spiro atoms. The van der Waals surface area contributed by atoms with Crippen molar-refractivity contribution in [3.63, 3.8) is 0 Å². The summed E-state index contributed by atoms with van der Waals surface area (Å²) >= 11 is 3.47. The molecule has 0 aromatic heterocycles. The Bertz CT molecular complexity index is 608. The molecular formula is C17H18BrNO. The minimum Gasteiger partial charge on any atom is -0.495 e. The van der Waals surface area contributed by atoms with Crippen LogP contribution in [-0.4, -0.2) is 7.11 Å². The second-order valence-electron chi connectivity index (χ2n) is 5.18. The summed E-state index contributed by atoms with van der Waals surface area (Å²) in [7, 11) is 1.69. The van der Waals surface area contributed by atoms with Crippen LogP contribution in [0.2, 0.25) is 0 Å². The standard InChI is InChI=1S/C17H18BrNO/c1-20-17-10-14(8-9-16(17)18)19-11-13-4-2-3-5-15(13)12-6-7-12/h2-5,8-10,12,19H,6-7,11H2,1H3. The van der Waals surface area contributed by atoms with Gasteiger partial charge in [-0.05, 0) is 57.9 Å². The smallest absolute Gasteiger partial charge is 0.135 e. The number of nitrogens with one attached hydrogen (secondary N) is 1. The molecule has 1 aliphatic rings. The van der Waals surface area contributed by atoms with Crippen LogP contribution < -0.4 is 10.1 Å². The van der Waals surface area contributed by atoms with Gasteiger partial charge in [0, 0.05) is 18.3 Å². The number of hydrogen-bond donors (Lipinski definition) is 1. The monoisotopic (exact) mass is 331 g/mol. The van der Waals surface area contributed by atoms with Gasteiger partial charge in [0.05, 0.1) is 11.6 Å². The van der Waals surface area contributed by atoms with Crippen LogP contribution in [0.3, 0.4) is 0 Å². The molecule has 0 saturated heterocycles.